The Hall–Kier alpha value is -4.89. The van der Waals surface area contributed by atoms with E-state index in [2.05, 4.69) is 175 Å². The van der Waals surface area contributed by atoms with Crippen molar-refractivity contribution < 1.29 is 0 Å². The molecule has 1 aromatic heterocycles. The zero-order chi connectivity index (χ0) is 57.9. The largest absolute Gasteiger partial charge is 0.208 e. The van der Waals surface area contributed by atoms with Crippen molar-refractivity contribution in [3.8, 4) is 34.2 Å². The van der Waals surface area contributed by atoms with Crippen LogP contribution in [0.2, 0.25) is 0 Å². The molecule has 3 heteroatoms. The number of rotatable bonds is 34. The van der Waals surface area contributed by atoms with Crippen LogP contribution >= 0.6 is 0 Å². The summed E-state index contributed by atoms with van der Waals surface area (Å²) in [6.45, 7) is 29.1. The normalized spacial score (nSPS) is 11.1. The molecule has 0 aliphatic carbocycles. The lowest BCUT2D eigenvalue weighted by Crippen LogP contribution is -2.01. The van der Waals surface area contributed by atoms with Crippen LogP contribution in [-0.2, 0) is 32.1 Å². The van der Waals surface area contributed by atoms with Crippen LogP contribution in [0.25, 0.3) is 34.2 Å². The van der Waals surface area contributed by atoms with Crippen molar-refractivity contribution in [2.24, 2.45) is 0 Å². The summed E-state index contributed by atoms with van der Waals surface area (Å²) in [6.07, 6.45) is 41.7. The average Bonchev–Trinajstić information content (AvgIpc) is 3.52. The molecule has 0 aliphatic rings. The molecule has 0 bridgehead atoms. The topological polar surface area (TPSA) is 38.7 Å². The van der Waals surface area contributed by atoms with Crippen molar-refractivity contribution >= 4 is 0 Å². The Kier molecular flexibility index (Phi) is 33.4. The number of hydrogen-bond donors (Lipinski definition) is 0. The Morgan fingerprint density at radius 2 is 0.475 bits per heavy atom. The highest BCUT2D eigenvalue weighted by Crippen LogP contribution is 2.28. The standard InChI is InChI=1S/C37H47N3.2C20H34/c1-6-7-8-9-10-11-12-13-14-15-16-31-19-23-32(24-20-31)35-38-36(33-21-17-27(2)29(4)25-33)40-37(39-35)34-22-18-28(3)30(5)26-34;2*1-5-7-9-11-13-19-15-18(4)20(16-17(19)3)14-12-10-8-6-2/h17-26H,6-16H2,1-5H3;2*15-16H,5-14H2,1-4H3. The van der Waals surface area contributed by atoms with Crippen LogP contribution in [0.15, 0.2) is 84.9 Å². The summed E-state index contributed by atoms with van der Waals surface area (Å²) in [5.41, 5.74) is 21.8. The van der Waals surface area contributed by atoms with Gasteiger partial charge in [-0.3, -0.25) is 0 Å². The Bertz CT molecular complexity index is 2410. The summed E-state index contributed by atoms with van der Waals surface area (Å²) in [5, 5.41) is 0. The number of nitrogens with zero attached hydrogens (tertiary/aromatic N) is 3. The predicted octanol–water partition coefficient (Wildman–Crippen LogP) is 23.7. The summed E-state index contributed by atoms with van der Waals surface area (Å²) in [6, 6.07) is 31.5. The van der Waals surface area contributed by atoms with E-state index in [0.29, 0.717) is 0 Å². The third kappa shape index (κ3) is 25.1. The first-order chi connectivity index (χ1) is 38.8. The van der Waals surface area contributed by atoms with Crippen molar-refractivity contribution in [2.45, 2.75) is 289 Å². The SMILES string of the molecule is CCCCCCCCCCCCc1ccc(-c2nc(-c3ccc(C)c(C)c3)nc(-c3ccc(C)c(C)c3)n2)cc1.CCCCCCc1cc(C)c(CCCCCC)cc1C.CCCCCCc1cc(C)c(CCCCCC)cc1C. The van der Waals surface area contributed by atoms with Crippen molar-refractivity contribution in [3.63, 3.8) is 0 Å². The maximum Gasteiger partial charge on any atom is 0.164 e. The van der Waals surface area contributed by atoms with E-state index in [1.807, 2.05) is 0 Å². The Balaban J connectivity index is 0.000000289. The van der Waals surface area contributed by atoms with Crippen LogP contribution in [0.1, 0.15) is 274 Å². The van der Waals surface area contributed by atoms with Gasteiger partial charge in [-0.25, -0.2) is 15.0 Å². The molecule has 0 spiro atoms. The summed E-state index contributed by atoms with van der Waals surface area (Å²) >= 11 is 0. The molecular formula is C77H115N3. The number of aryl methyl sites for hydroxylation is 13. The molecule has 0 amide bonds. The molecule has 0 radical (unpaired) electrons. The molecule has 0 fully saturated rings. The highest BCUT2D eigenvalue weighted by atomic mass is 15.0. The molecule has 0 saturated heterocycles. The van der Waals surface area contributed by atoms with Gasteiger partial charge in [0, 0.05) is 16.7 Å². The fraction of sp³-hybridized carbons (Fsp3) is 0.571. The second kappa shape index (κ2) is 39.5. The van der Waals surface area contributed by atoms with Gasteiger partial charge < -0.3 is 0 Å². The maximum absolute atomic E-state index is 4.94. The van der Waals surface area contributed by atoms with Crippen LogP contribution in [0.3, 0.4) is 0 Å². The van der Waals surface area contributed by atoms with Gasteiger partial charge in [0.2, 0.25) is 0 Å². The van der Waals surface area contributed by atoms with E-state index in [4.69, 9.17) is 15.0 Å². The smallest absolute Gasteiger partial charge is 0.164 e. The molecule has 0 saturated carbocycles. The highest BCUT2D eigenvalue weighted by Gasteiger charge is 2.14. The second-order valence-corrected chi connectivity index (χ2v) is 24.2. The first kappa shape index (κ1) is 67.6. The Labute approximate surface area is 492 Å². The molecule has 438 valence electrons. The minimum absolute atomic E-state index is 0.718. The molecule has 3 nitrogen and oxygen atoms in total. The quantitative estimate of drug-likeness (QED) is 0.0378. The van der Waals surface area contributed by atoms with Gasteiger partial charge in [-0.05, 0) is 204 Å². The number of aromatic nitrogens is 3. The zero-order valence-electron chi connectivity index (χ0n) is 53.8. The van der Waals surface area contributed by atoms with E-state index in [-0.39, 0.29) is 0 Å². The number of benzene rings is 5. The van der Waals surface area contributed by atoms with Crippen LogP contribution in [0.5, 0.6) is 0 Å². The summed E-state index contributed by atoms with van der Waals surface area (Å²) in [7, 11) is 0. The molecule has 6 rings (SSSR count). The molecule has 1 heterocycles. The van der Waals surface area contributed by atoms with E-state index < -0.39 is 0 Å². The fourth-order valence-electron chi connectivity index (χ4n) is 11.1. The lowest BCUT2D eigenvalue weighted by Gasteiger charge is -2.12. The first-order valence-electron chi connectivity index (χ1n) is 33.0. The number of hydrogen-bond acceptors (Lipinski definition) is 3. The van der Waals surface area contributed by atoms with Gasteiger partial charge in [0.25, 0.3) is 0 Å². The molecule has 0 atom stereocenters. The van der Waals surface area contributed by atoms with Crippen molar-refractivity contribution in [1.82, 2.24) is 15.0 Å². The Morgan fingerprint density at radius 1 is 0.225 bits per heavy atom. The van der Waals surface area contributed by atoms with Crippen molar-refractivity contribution in [1.29, 1.82) is 0 Å². The van der Waals surface area contributed by atoms with Gasteiger partial charge in [0.15, 0.2) is 17.5 Å². The molecule has 80 heavy (non-hydrogen) atoms. The van der Waals surface area contributed by atoms with E-state index in [1.54, 1.807) is 22.3 Å². The fourth-order valence-corrected chi connectivity index (χ4v) is 11.1. The van der Waals surface area contributed by atoms with Gasteiger partial charge in [0.1, 0.15) is 0 Å². The maximum atomic E-state index is 4.94. The first-order valence-corrected chi connectivity index (χ1v) is 33.0. The molecule has 0 N–H and O–H groups in total. The number of unbranched alkanes of at least 4 members (excludes halogenated alkanes) is 21. The summed E-state index contributed by atoms with van der Waals surface area (Å²) < 4.78 is 0. The van der Waals surface area contributed by atoms with E-state index in [9.17, 15) is 0 Å². The summed E-state index contributed by atoms with van der Waals surface area (Å²) in [5.74, 6) is 2.16. The Morgan fingerprint density at radius 3 is 0.775 bits per heavy atom. The van der Waals surface area contributed by atoms with E-state index in [1.165, 1.54) is 243 Å². The monoisotopic (exact) mass is 1080 g/mol. The van der Waals surface area contributed by atoms with E-state index >= 15 is 0 Å². The average molecular weight is 1080 g/mol. The third-order valence-corrected chi connectivity index (χ3v) is 17.0. The molecular weight excluding hydrogens is 967 g/mol. The zero-order valence-corrected chi connectivity index (χ0v) is 53.8. The molecule has 0 aliphatic heterocycles. The lowest BCUT2D eigenvalue weighted by molar-refractivity contribution is 0.556. The van der Waals surface area contributed by atoms with Crippen LogP contribution in [-0.4, -0.2) is 15.0 Å². The molecule has 5 aromatic carbocycles. The summed E-state index contributed by atoms with van der Waals surface area (Å²) in [4.78, 5) is 14.8. The minimum atomic E-state index is 0.718. The molecule has 0 unspecified atom stereocenters. The van der Waals surface area contributed by atoms with Crippen molar-refractivity contribution in [3.05, 3.63) is 157 Å². The van der Waals surface area contributed by atoms with Gasteiger partial charge in [-0.2, -0.15) is 0 Å². The van der Waals surface area contributed by atoms with Gasteiger partial charge >= 0.3 is 0 Å². The molecule has 6 aromatic rings. The van der Waals surface area contributed by atoms with Gasteiger partial charge in [-0.1, -0.05) is 242 Å². The van der Waals surface area contributed by atoms with E-state index in [0.717, 1.165) is 40.6 Å². The van der Waals surface area contributed by atoms with Crippen LogP contribution in [0, 0.1) is 55.4 Å². The highest BCUT2D eigenvalue weighted by molar-refractivity contribution is 5.67. The minimum Gasteiger partial charge on any atom is -0.208 e. The lowest BCUT2D eigenvalue weighted by atomic mass is 9.93. The van der Waals surface area contributed by atoms with Crippen LogP contribution in [0.4, 0.5) is 0 Å². The van der Waals surface area contributed by atoms with Crippen molar-refractivity contribution in [2.75, 3.05) is 0 Å². The van der Waals surface area contributed by atoms with Crippen LogP contribution < -0.4 is 0 Å². The van der Waals surface area contributed by atoms with Gasteiger partial charge in [-0.15, -0.1) is 0 Å². The predicted molar refractivity (Wildman–Crippen MR) is 354 cm³/mol. The second-order valence-electron chi connectivity index (χ2n) is 24.2. The van der Waals surface area contributed by atoms with Gasteiger partial charge in [0.05, 0.1) is 0 Å². The third-order valence-electron chi connectivity index (χ3n) is 17.0.